The van der Waals surface area contributed by atoms with Gasteiger partial charge in [0.15, 0.2) is 5.82 Å². The molecule has 1 N–H and O–H groups in total. The van der Waals surface area contributed by atoms with Crippen LogP contribution in [0, 0.1) is 0 Å². The van der Waals surface area contributed by atoms with Crippen molar-refractivity contribution in [3.8, 4) is 0 Å². The van der Waals surface area contributed by atoms with Crippen LogP contribution >= 0.6 is 11.3 Å². The molecule has 1 spiro atoms. The number of aryl methyl sites for hydroxylation is 1. The Bertz CT molecular complexity index is 1040. The van der Waals surface area contributed by atoms with E-state index < -0.39 is 5.60 Å². The van der Waals surface area contributed by atoms with E-state index in [-0.39, 0.29) is 11.6 Å². The van der Waals surface area contributed by atoms with E-state index in [1.165, 1.54) is 0 Å². The third-order valence-electron chi connectivity index (χ3n) is 5.35. The summed E-state index contributed by atoms with van der Waals surface area (Å²) in [4.78, 5) is 31.0. The summed E-state index contributed by atoms with van der Waals surface area (Å²) in [6.45, 7) is 1.91. The minimum Gasteiger partial charge on any atom is -0.363 e. The van der Waals surface area contributed by atoms with Gasteiger partial charge >= 0.3 is 5.69 Å². The fourth-order valence-corrected chi connectivity index (χ4v) is 4.85. The van der Waals surface area contributed by atoms with E-state index in [0.717, 1.165) is 21.6 Å². The molecule has 0 saturated carbocycles. The molecule has 0 bridgehead atoms. The molecule has 0 radical (unpaired) electrons. The van der Waals surface area contributed by atoms with Crippen molar-refractivity contribution in [3.63, 3.8) is 0 Å². The monoisotopic (exact) mass is 385 g/mol. The third-order valence-corrected chi connectivity index (χ3v) is 6.45. The molecular formula is C18H19N5O3S. The number of nitrogens with zero attached hydrogens (tertiary/aromatic N) is 4. The predicted molar refractivity (Wildman–Crippen MR) is 99.5 cm³/mol. The lowest BCUT2D eigenvalue weighted by atomic mass is 10.0. The van der Waals surface area contributed by atoms with Crippen LogP contribution in [-0.4, -0.2) is 49.2 Å². The molecule has 3 aromatic rings. The fraction of sp³-hybridized carbons (Fsp3) is 0.444. The number of aromatic amines is 1. The lowest BCUT2D eigenvalue weighted by Crippen LogP contribution is -2.47. The largest absolute Gasteiger partial charge is 0.363 e. The van der Waals surface area contributed by atoms with Crippen molar-refractivity contribution in [1.29, 1.82) is 0 Å². The number of amides is 1. The van der Waals surface area contributed by atoms with Crippen molar-refractivity contribution >= 4 is 27.5 Å². The van der Waals surface area contributed by atoms with E-state index in [9.17, 15) is 9.59 Å². The van der Waals surface area contributed by atoms with Gasteiger partial charge in [-0.2, -0.15) is 5.10 Å². The molecule has 1 fully saturated rings. The Labute approximate surface area is 158 Å². The first-order valence-corrected chi connectivity index (χ1v) is 9.84. The Morgan fingerprint density at radius 1 is 1.33 bits per heavy atom. The summed E-state index contributed by atoms with van der Waals surface area (Å²) >= 11 is 1.64. The Hall–Kier alpha value is -2.52. The van der Waals surface area contributed by atoms with Gasteiger partial charge in [-0.05, 0) is 18.6 Å². The van der Waals surface area contributed by atoms with E-state index in [1.54, 1.807) is 15.9 Å². The summed E-state index contributed by atoms with van der Waals surface area (Å²) in [6.07, 6.45) is 1.82. The van der Waals surface area contributed by atoms with Gasteiger partial charge in [0.25, 0.3) is 0 Å². The number of hydrogen-bond acceptors (Lipinski definition) is 6. The van der Waals surface area contributed by atoms with Gasteiger partial charge < -0.3 is 9.64 Å². The fourth-order valence-electron chi connectivity index (χ4n) is 3.88. The average molecular weight is 385 g/mol. The molecule has 1 unspecified atom stereocenters. The van der Waals surface area contributed by atoms with Crippen LogP contribution in [0.1, 0.15) is 23.7 Å². The molecule has 27 heavy (non-hydrogen) atoms. The molecule has 1 amide bonds. The molecular weight excluding hydrogens is 366 g/mol. The van der Waals surface area contributed by atoms with Gasteiger partial charge in [0, 0.05) is 19.4 Å². The standard InChI is InChI=1S/C18H19N5O3S/c24-16(6-5-15-19-12-3-1-2-4-13(12)27-15)22-8-7-18(10-22)11-23-14(9-26-18)20-21-17(23)25/h1-4H,5-11H2,(H,21,25). The summed E-state index contributed by atoms with van der Waals surface area (Å²) in [5.41, 5.74) is 0.294. The molecule has 5 rings (SSSR count). The van der Waals surface area contributed by atoms with Crippen LogP contribution in [0.2, 0.25) is 0 Å². The quantitative estimate of drug-likeness (QED) is 0.734. The van der Waals surface area contributed by atoms with E-state index in [1.807, 2.05) is 23.1 Å². The normalized spacial score (nSPS) is 21.9. The second-order valence-electron chi connectivity index (χ2n) is 7.14. The van der Waals surface area contributed by atoms with Crippen molar-refractivity contribution in [1.82, 2.24) is 24.6 Å². The second kappa shape index (κ2) is 6.28. The van der Waals surface area contributed by atoms with E-state index >= 15 is 0 Å². The highest BCUT2D eigenvalue weighted by atomic mass is 32.1. The third kappa shape index (κ3) is 2.96. The maximum Gasteiger partial charge on any atom is 0.343 e. The number of fused-ring (bicyclic) bond motifs is 2. The molecule has 2 aliphatic heterocycles. The van der Waals surface area contributed by atoms with Gasteiger partial charge in [0.1, 0.15) is 12.2 Å². The average Bonchev–Trinajstić information content (AvgIpc) is 3.38. The van der Waals surface area contributed by atoms with Crippen molar-refractivity contribution in [2.45, 2.75) is 38.0 Å². The van der Waals surface area contributed by atoms with Crippen LogP contribution in [0.5, 0.6) is 0 Å². The van der Waals surface area contributed by atoms with Crippen LogP contribution in [0.4, 0.5) is 0 Å². The first-order chi connectivity index (χ1) is 13.1. The van der Waals surface area contributed by atoms with Gasteiger partial charge in [0.2, 0.25) is 5.91 Å². The molecule has 0 aliphatic carbocycles. The molecule has 1 atom stereocenters. The van der Waals surface area contributed by atoms with Gasteiger partial charge in [-0.25, -0.2) is 14.9 Å². The molecule has 1 saturated heterocycles. The predicted octanol–water partition coefficient (Wildman–Crippen LogP) is 1.32. The number of H-pyrrole nitrogens is 1. The van der Waals surface area contributed by atoms with Crippen LogP contribution in [0.15, 0.2) is 29.1 Å². The number of rotatable bonds is 3. The zero-order valence-corrected chi connectivity index (χ0v) is 15.5. The zero-order valence-electron chi connectivity index (χ0n) is 14.7. The smallest absolute Gasteiger partial charge is 0.343 e. The summed E-state index contributed by atoms with van der Waals surface area (Å²) in [7, 11) is 0. The zero-order chi connectivity index (χ0) is 18.4. The lowest BCUT2D eigenvalue weighted by molar-refractivity contribution is -0.133. The number of hydrogen-bond donors (Lipinski definition) is 1. The summed E-state index contributed by atoms with van der Waals surface area (Å²) < 4.78 is 8.78. The first kappa shape index (κ1) is 16.6. The van der Waals surface area contributed by atoms with Crippen molar-refractivity contribution in [2.75, 3.05) is 13.1 Å². The second-order valence-corrected chi connectivity index (χ2v) is 8.26. The minimum absolute atomic E-state index is 0.111. The highest BCUT2D eigenvalue weighted by Crippen LogP contribution is 2.31. The van der Waals surface area contributed by atoms with Gasteiger partial charge in [-0.1, -0.05) is 12.1 Å². The van der Waals surface area contributed by atoms with E-state index in [0.29, 0.717) is 44.9 Å². The van der Waals surface area contributed by atoms with Crippen molar-refractivity contribution in [2.24, 2.45) is 0 Å². The van der Waals surface area contributed by atoms with E-state index in [2.05, 4.69) is 21.2 Å². The van der Waals surface area contributed by atoms with E-state index in [4.69, 9.17) is 4.74 Å². The number of para-hydroxylation sites is 1. The van der Waals surface area contributed by atoms with Crippen molar-refractivity contribution < 1.29 is 9.53 Å². The molecule has 140 valence electrons. The Morgan fingerprint density at radius 2 is 2.22 bits per heavy atom. The molecule has 1 aromatic carbocycles. The SMILES string of the molecule is O=C(CCc1nc2ccccc2s1)N1CCC2(C1)Cn1c(n[nH]c1=O)CO2. The molecule has 9 heteroatoms. The van der Waals surface area contributed by atoms with Gasteiger partial charge in [-0.3, -0.25) is 9.36 Å². The van der Waals surface area contributed by atoms with Gasteiger partial charge in [0.05, 0.1) is 28.3 Å². The van der Waals surface area contributed by atoms with Crippen LogP contribution in [0.25, 0.3) is 10.2 Å². The van der Waals surface area contributed by atoms with Gasteiger partial charge in [-0.15, -0.1) is 11.3 Å². The van der Waals surface area contributed by atoms with Crippen LogP contribution in [-0.2, 0) is 29.1 Å². The summed E-state index contributed by atoms with van der Waals surface area (Å²) in [5, 5.41) is 7.41. The van der Waals surface area contributed by atoms with Crippen LogP contribution < -0.4 is 5.69 Å². The Kier molecular flexibility index (Phi) is 3.87. The van der Waals surface area contributed by atoms with Crippen molar-refractivity contribution in [3.05, 3.63) is 45.6 Å². The molecule has 2 aromatic heterocycles. The minimum atomic E-state index is -0.480. The number of ether oxygens (including phenoxy) is 1. The number of carbonyl (C=O) groups excluding carboxylic acids is 1. The number of aromatic nitrogens is 4. The lowest BCUT2D eigenvalue weighted by Gasteiger charge is -2.33. The first-order valence-electron chi connectivity index (χ1n) is 9.02. The molecule has 8 nitrogen and oxygen atoms in total. The Balaban J connectivity index is 1.23. The maximum absolute atomic E-state index is 12.7. The number of thiazole rings is 1. The molecule has 2 aliphatic rings. The number of likely N-dealkylation sites (tertiary alicyclic amines) is 1. The number of carbonyl (C=O) groups is 1. The molecule has 4 heterocycles. The maximum atomic E-state index is 12.7. The number of nitrogens with one attached hydrogen (secondary N) is 1. The topological polar surface area (TPSA) is 93.1 Å². The van der Waals surface area contributed by atoms with Crippen LogP contribution in [0.3, 0.4) is 0 Å². The summed E-state index contributed by atoms with van der Waals surface area (Å²) in [5.74, 6) is 0.728. The summed E-state index contributed by atoms with van der Waals surface area (Å²) in [6, 6.07) is 8.02. The highest BCUT2D eigenvalue weighted by molar-refractivity contribution is 7.18. The Morgan fingerprint density at radius 3 is 3.11 bits per heavy atom. The highest BCUT2D eigenvalue weighted by Gasteiger charge is 2.44. The number of benzene rings is 1.